The van der Waals surface area contributed by atoms with E-state index in [1.54, 1.807) is 7.11 Å². The molecule has 0 unspecified atom stereocenters. The summed E-state index contributed by atoms with van der Waals surface area (Å²) in [6, 6.07) is 14.3. The van der Waals surface area contributed by atoms with E-state index in [0.717, 1.165) is 68.1 Å². The third kappa shape index (κ3) is 7.97. The molecule has 0 bridgehead atoms. The molecule has 0 saturated carbocycles. The Bertz CT molecular complexity index is 1170. The van der Waals surface area contributed by atoms with E-state index < -0.39 is 11.5 Å². The maximum Gasteiger partial charge on any atom is 0.222 e. The lowest BCUT2D eigenvalue weighted by atomic mass is 9.80. The van der Waals surface area contributed by atoms with Gasteiger partial charge in [0.1, 0.15) is 19.0 Å². The minimum Gasteiger partial charge on any atom is -0.497 e. The molecule has 2 aromatic carbocycles. The number of nitrogens with zero attached hydrogens (tertiary/aromatic N) is 2. The highest BCUT2D eigenvalue weighted by Gasteiger charge is 2.35. The minimum absolute atomic E-state index is 0.147. The Morgan fingerprint density at radius 2 is 1.71 bits per heavy atom. The molecule has 3 atom stereocenters. The lowest BCUT2D eigenvalue weighted by Crippen LogP contribution is -2.47. The number of hydrogen-bond donors (Lipinski definition) is 1. The van der Waals surface area contributed by atoms with Crippen LogP contribution >= 0.6 is 0 Å². The summed E-state index contributed by atoms with van der Waals surface area (Å²) in [4.78, 5) is 18.3. The second-order valence-corrected chi connectivity index (χ2v) is 12.9. The number of likely N-dealkylation sites (tertiary alicyclic amines) is 1. The average Bonchev–Trinajstić information content (AvgIpc) is 3.00. The summed E-state index contributed by atoms with van der Waals surface area (Å²) in [6.45, 7) is 10.1. The van der Waals surface area contributed by atoms with Gasteiger partial charge in [-0.25, -0.2) is 0 Å². The number of aliphatic hydroxyl groups excluding tert-OH is 1. The van der Waals surface area contributed by atoms with Gasteiger partial charge in [0.05, 0.1) is 19.8 Å². The molecule has 8 nitrogen and oxygen atoms in total. The highest BCUT2D eigenvalue weighted by Crippen LogP contribution is 2.35. The smallest absolute Gasteiger partial charge is 0.222 e. The number of ether oxygens (including phenoxy) is 4. The van der Waals surface area contributed by atoms with Gasteiger partial charge in [-0.2, -0.15) is 0 Å². The molecule has 0 spiro atoms. The van der Waals surface area contributed by atoms with Crippen molar-refractivity contribution < 1.29 is 28.8 Å². The number of methoxy groups -OCH3 is 1. The van der Waals surface area contributed by atoms with Gasteiger partial charge in [-0.3, -0.25) is 9.69 Å². The van der Waals surface area contributed by atoms with Crippen molar-refractivity contribution in [2.24, 2.45) is 17.3 Å². The largest absolute Gasteiger partial charge is 0.497 e. The fourth-order valence-electron chi connectivity index (χ4n) is 6.40. The van der Waals surface area contributed by atoms with Crippen LogP contribution in [-0.4, -0.2) is 86.6 Å². The van der Waals surface area contributed by atoms with Crippen molar-refractivity contribution in [2.75, 3.05) is 59.7 Å². The third-order valence-electron chi connectivity index (χ3n) is 9.24. The van der Waals surface area contributed by atoms with Crippen molar-refractivity contribution in [3.63, 3.8) is 0 Å². The third-order valence-corrected chi connectivity index (χ3v) is 9.24. The molecule has 230 valence electrons. The van der Waals surface area contributed by atoms with Crippen molar-refractivity contribution in [2.45, 2.75) is 58.6 Å². The molecule has 3 aliphatic rings. The van der Waals surface area contributed by atoms with Crippen LogP contribution in [0.25, 0.3) is 0 Å². The van der Waals surface area contributed by atoms with Crippen molar-refractivity contribution in [3.8, 4) is 17.2 Å². The van der Waals surface area contributed by atoms with Crippen molar-refractivity contribution >= 4 is 5.91 Å². The molecule has 5 rings (SSSR count). The fraction of sp³-hybridized carbons (Fsp3) is 0.618. The first-order valence-corrected chi connectivity index (χ1v) is 15.6. The number of aliphatic hydroxyl groups is 1. The first-order chi connectivity index (χ1) is 20.3. The van der Waals surface area contributed by atoms with Crippen LogP contribution < -0.4 is 14.2 Å². The standard InChI is InChI=1S/C34H48N2O6/c1-34(2)24-40-16-4-5-28-22-35(21-26-8-11-30-31(19-26)42-18-17-41-30)14-13-27(28)20-33(38)36(23-32(34)37)15-12-25-6-9-29(39-3)10-7-25/h6-11,19,27-28,32,37H,4-5,12-18,20-24H2,1-3H3/t27-,28-,32-/m0/s1. The summed E-state index contributed by atoms with van der Waals surface area (Å²) < 4.78 is 22.9. The van der Waals surface area contributed by atoms with Crippen molar-refractivity contribution in [3.05, 3.63) is 53.6 Å². The molecule has 42 heavy (non-hydrogen) atoms. The van der Waals surface area contributed by atoms with Gasteiger partial charge in [-0.1, -0.05) is 32.0 Å². The quantitative estimate of drug-likeness (QED) is 0.537. The number of β-amino-alcohol motifs (C(OH)–C–C–N with tert-alkyl or cyclic N) is 1. The fourth-order valence-corrected chi connectivity index (χ4v) is 6.40. The van der Waals surface area contributed by atoms with Gasteiger partial charge in [0, 0.05) is 44.6 Å². The monoisotopic (exact) mass is 580 g/mol. The summed E-state index contributed by atoms with van der Waals surface area (Å²) in [5.74, 6) is 3.36. The molecule has 2 fully saturated rings. The molecule has 1 amide bonds. The lowest BCUT2D eigenvalue weighted by Gasteiger charge is -2.39. The van der Waals surface area contributed by atoms with Crippen LogP contribution in [0.15, 0.2) is 42.5 Å². The summed E-state index contributed by atoms with van der Waals surface area (Å²) in [5.41, 5.74) is 1.93. The topological polar surface area (TPSA) is 80.7 Å². The zero-order valence-electron chi connectivity index (χ0n) is 25.6. The number of piperidine rings is 1. The Balaban J connectivity index is 1.26. The van der Waals surface area contributed by atoms with E-state index in [-0.39, 0.29) is 5.91 Å². The van der Waals surface area contributed by atoms with Crippen LogP contribution in [0.2, 0.25) is 0 Å². The van der Waals surface area contributed by atoms with Gasteiger partial charge in [0.2, 0.25) is 5.91 Å². The van der Waals surface area contributed by atoms with Crippen LogP contribution in [0, 0.1) is 17.3 Å². The van der Waals surface area contributed by atoms with E-state index in [1.165, 1.54) is 5.56 Å². The molecule has 0 aromatic heterocycles. The maximum atomic E-state index is 13.9. The molecule has 2 aromatic rings. The molecule has 0 radical (unpaired) electrons. The van der Waals surface area contributed by atoms with E-state index in [9.17, 15) is 9.90 Å². The highest BCUT2D eigenvalue weighted by atomic mass is 16.6. The summed E-state index contributed by atoms with van der Waals surface area (Å²) in [7, 11) is 1.66. The van der Waals surface area contributed by atoms with Gasteiger partial charge in [-0.15, -0.1) is 0 Å². The number of carbonyl (C=O) groups excluding carboxylic acids is 1. The van der Waals surface area contributed by atoms with E-state index in [0.29, 0.717) is 57.8 Å². The van der Waals surface area contributed by atoms with E-state index in [2.05, 4.69) is 17.0 Å². The summed E-state index contributed by atoms with van der Waals surface area (Å²) in [6.07, 6.45) is 3.57. The van der Waals surface area contributed by atoms with Gasteiger partial charge < -0.3 is 29.0 Å². The van der Waals surface area contributed by atoms with Crippen LogP contribution in [0.3, 0.4) is 0 Å². The predicted octanol–water partition coefficient (Wildman–Crippen LogP) is 4.56. The van der Waals surface area contributed by atoms with E-state index >= 15 is 0 Å². The zero-order valence-corrected chi connectivity index (χ0v) is 25.6. The number of fused-ring (bicyclic) bond motifs is 2. The number of hydrogen-bond acceptors (Lipinski definition) is 7. The predicted molar refractivity (Wildman–Crippen MR) is 162 cm³/mol. The lowest BCUT2D eigenvalue weighted by molar-refractivity contribution is -0.136. The summed E-state index contributed by atoms with van der Waals surface area (Å²) >= 11 is 0. The van der Waals surface area contributed by atoms with Crippen LogP contribution in [0.5, 0.6) is 17.2 Å². The van der Waals surface area contributed by atoms with Gasteiger partial charge in [-0.05, 0) is 79.5 Å². The van der Waals surface area contributed by atoms with Crippen molar-refractivity contribution in [1.82, 2.24) is 9.80 Å². The molecule has 2 saturated heterocycles. The maximum absolute atomic E-state index is 13.9. The Morgan fingerprint density at radius 3 is 2.50 bits per heavy atom. The van der Waals surface area contributed by atoms with Crippen LogP contribution in [0.1, 0.15) is 50.7 Å². The Kier molecular flexibility index (Phi) is 10.3. The molecule has 3 heterocycles. The second-order valence-electron chi connectivity index (χ2n) is 12.9. The first-order valence-electron chi connectivity index (χ1n) is 15.6. The highest BCUT2D eigenvalue weighted by molar-refractivity contribution is 5.76. The molecule has 3 aliphatic heterocycles. The Hall–Kier alpha value is -2.81. The summed E-state index contributed by atoms with van der Waals surface area (Å²) in [5, 5.41) is 11.2. The van der Waals surface area contributed by atoms with Crippen LogP contribution in [0.4, 0.5) is 0 Å². The van der Waals surface area contributed by atoms with E-state index in [4.69, 9.17) is 18.9 Å². The van der Waals surface area contributed by atoms with Gasteiger partial charge in [0.15, 0.2) is 11.5 Å². The number of rotatable bonds is 6. The van der Waals surface area contributed by atoms with Crippen molar-refractivity contribution in [1.29, 1.82) is 0 Å². The zero-order chi connectivity index (χ0) is 29.5. The first kappa shape index (κ1) is 30.6. The molecular formula is C34H48N2O6. The SMILES string of the molecule is COc1ccc(CCN2C[C@H](O)C(C)(C)COCCC[C@H]3CN(Cc4ccc5c(c4)OCCO5)CC[C@H]3CC2=O)cc1. The molecular weight excluding hydrogens is 532 g/mol. The van der Waals surface area contributed by atoms with Crippen LogP contribution in [-0.2, 0) is 22.5 Å². The number of benzene rings is 2. The second kappa shape index (κ2) is 14.1. The molecule has 1 N–H and O–H groups in total. The molecule has 8 heteroatoms. The van der Waals surface area contributed by atoms with E-state index in [1.807, 2.05) is 49.1 Å². The minimum atomic E-state index is -0.665. The number of amides is 1. The van der Waals surface area contributed by atoms with Gasteiger partial charge >= 0.3 is 0 Å². The van der Waals surface area contributed by atoms with Gasteiger partial charge in [0.25, 0.3) is 0 Å². The Labute approximate surface area is 250 Å². The average molecular weight is 581 g/mol. The Morgan fingerprint density at radius 1 is 0.952 bits per heavy atom. The number of carbonyl (C=O) groups is 1. The molecule has 0 aliphatic carbocycles. The normalized spacial score (nSPS) is 25.5.